The van der Waals surface area contributed by atoms with Gasteiger partial charge in [0.25, 0.3) is 0 Å². The van der Waals surface area contributed by atoms with E-state index in [9.17, 15) is 0 Å². The molecular weight excluding hydrogens is 432 g/mol. The van der Waals surface area contributed by atoms with Crippen LogP contribution in [0.25, 0.3) is 0 Å². The number of nitrogens with one attached hydrogen (secondary N) is 1. The van der Waals surface area contributed by atoms with Gasteiger partial charge in [-0.15, -0.1) is 0 Å². The monoisotopic (exact) mass is 452 g/mol. The van der Waals surface area contributed by atoms with E-state index >= 15 is 0 Å². The average Bonchev–Trinajstić information content (AvgIpc) is 3.25. The first-order chi connectivity index (χ1) is 14.2. The number of nitrogens with zero attached hydrogens (tertiary/aromatic N) is 1. The lowest BCUT2D eigenvalue weighted by atomic mass is 9.99. The number of hydrogen-bond acceptors (Lipinski definition) is 5. The summed E-state index contributed by atoms with van der Waals surface area (Å²) in [6, 6.07) is 21.9. The second kappa shape index (κ2) is 8.57. The summed E-state index contributed by atoms with van der Waals surface area (Å²) in [4.78, 5) is 0. The van der Waals surface area contributed by atoms with E-state index < -0.39 is 0 Å². The highest BCUT2D eigenvalue weighted by atomic mass is 79.9. The van der Waals surface area contributed by atoms with Gasteiger partial charge in [0, 0.05) is 16.5 Å². The number of benzene rings is 3. The second-order valence-corrected chi connectivity index (χ2v) is 7.55. The Kier molecular flexibility index (Phi) is 5.71. The van der Waals surface area contributed by atoms with Crippen LogP contribution >= 0.6 is 15.9 Å². The molecule has 0 saturated heterocycles. The minimum Gasteiger partial charge on any atom is -0.493 e. The van der Waals surface area contributed by atoms with Crippen LogP contribution in [-0.4, -0.2) is 19.9 Å². The van der Waals surface area contributed by atoms with Gasteiger partial charge in [0.2, 0.25) is 0 Å². The highest BCUT2D eigenvalue weighted by molar-refractivity contribution is 9.10. The molecule has 1 N–H and O–H groups in total. The van der Waals surface area contributed by atoms with Gasteiger partial charge in [0.15, 0.2) is 11.5 Å². The Bertz CT molecular complexity index is 1020. The van der Waals surface area contributed by atoms with Gasteiger partial charge in [-0.25, -0.2) is 0 Å². The van der Waals surface area contributed by atoms with Crippen LogP contribution in [0.2, 0.25) is 0 Å². The zero-order chi connectivity index (χ0) is 20.2. The number of hydrogen-bond donors (Lipinski definition) is 1. The van der Waals surface area contributed by atoms with Crippen LogP contribution in [-0.2, 0) is 0 Å². The van der Waals surface area contributed by atoms with E-state index in [1.54, 1.807) is 14.2 Å². The third-order valence-electron chi connectivity index (χ3n) is 4.80. The maximum atomic E-state index is 5.89. The quantitative estimate of drug-likeness (QED) is 0.521. The summed E-state index contributed by atoms with van der Waals surface area (Å²) in [6.45, 7) is 0. The molecule has 4 rings (SSSR count). The molecule has 0 aliphatic carbocycles. The zero-order valence-corrected chi connectivity index (χ0v) is 17.8. The van der Waals surface area contributed by atoms with Crippen molar-refractivity contribution in [3.8, 4) is 23.0 Å². The number of ether oxygens (including phenoxy) is 3. The molecule has 3 aromatic carbocycles. The van der Waals surface area contributed by atoms with Crippen molar-refractivity contribution in [3.05, 3.63) is 82.3 Å². The van der Waals surface area contributed by atoms with Gasteiger partial charge in [-0.05, 0) is 60.2 Å². The summed E-state index contributed by atoms with van der Waals surface area (Å²) >= 11 is 3.43. The Morgan fingerprint density at radius 2 is 1.52 bits per heavy atom. The van der Waals surface area contributed by atoms with Crippen molar-refractivity contribution in [2.45, 2.75) is 12.5 Å². The fourth-order valence-electron chi connectivity index (χ4n) is 3.24. The molecule has 1 unspecified atom stereocenters. The summed E-state index contributed by atoms with van der Waals surface area (Å²) in [5, 5.41) is 4.53. The molecule has 0 aromatic heterocycles. The smallest absolute Gasteiger partial charge is 0.161 e. The van der Waals surface area contributed by atoms with E-state index in [0.29, 0.717) is 11.5 Å². The van der Waals surface area contributed by atoms with E-state index in [4.69, 9.17) is 14.2 Å². The highest BCUT2D eigenvalue weighted by Crippen LogP contribution is 2.32. The molecule has 148 valence electrons. The van der Waals surface area contributed by atoms with Crippen LogP contribution in [0.3, 0.4) is 0 Å². The zero-order valence-electron chi connectivity index (χ0n) is 16.2. The molecule has 0 saturated carbocycles. The van der Waals surface area contributed by atoms with E-state index in [0.717, 1.165) is 39.2 Å². The van der Waals surface area contributed by atoms with Crippen LogP contribution in [0.15, 0.2) is 76.3 Å². The van der Waals surface area contributed by atoms with Crippen molar-refractivity contribution in [3.63, 3.8) is 0 Å². The van der Waals surface area contributed by atoms with Crippen LogP contribution in [0, 0.1) is 0 Å². The fourth-order valence-corrected chi connectivity index (χ4v) is 3.50. The van der Waals surface area contributed by atoms with E-state index in [1.165, 1.54) is 0 Å². The van der Waals surface area contributed by atoms with Crippen LogP contribution in [0.4, 0.5) is 0 Å². The summed E-state index contributed by atoms with van der Waals surface area (Å²) in [5.41, 5.74) is 6.41. The summed E-state index contributed by atoms with van der Waals surface area (Å²) < 4.78 is 17.6. The van der Waals surface area contributed by atoms with Crippen molar-refractivity contribution in [1.29, 1.82) is 0 Å². The third-order valence-corrected chi connectivity index (χ3v) is 5.33. The van der Waals surface area contributed by atoms with Crippen molar-refractivity contribution in [2.75, 3.05) is 14.2 Å². The van der Waals surface area contributed by atoms with Crippen LogP contribution in [0.5, 0.6) is 23.0 Å². The number of halogens is 1. The molecule has 1 aliphatic heterocycles. The minimum absolute atomic E-state index is 0.125. The molecular formula is C23H21BrN2O3. The topological polar surface area (TPSA) is 52.1 Å². The molecule has 1 heterocycles. The van der Waals surface area contributed by atoms with Crippen LogP contribution < -0.4 is 19.6 Å². The predicted octanol–water partition coefficient (Wildman–Crippen LogP) is 5.70. The second-order valence-electron chi connectivity index (χ2n) is 6.64. The lowest BCUT2D eigenvalue weighted by Crippen LogP contribution is -2.09. The predicted molar refractivity (Wildman–Crippen MR) is 117 cm³/mol. The molecule has 1 aliphatic rings. The van der Waals surface area contributed by atoms with Gasteiger partial charge in [-0.2, -0.15) is 5.10 Å². The summed E-state index contributed by atoms with van der Waals surface area (Å²) in [6.07, 6.45) is 0.794. The van der Waals surface area contributed by atoms with Crippen molar-refractivity contribution < 1.29 is 14.2 Å². The molecule has 0 bridgehead atoms. The first-order valence-corrected chi connectivity index (χ1v) is 10.0. The van der Waals surface area contributed by atoms with Gasteiger partial charge in [-0.3, -0.25) is 0 Å². The Morgan fingerprint density at radius 3 is 2.17 bits per heavy atom. The molecule has 29 heavy (non-hydrogen) atoms. The standard InChI is InChI=1S/C23H21BrN2O3/c1-27-22-12-5-16(13-23(22)28-2)21-14-20(25-26-21)15-3-8-18(9-4-15)29-19-10-6-17(24)7-11-19/h3-13,20,25H,14H2,1-2H3. The minimum atomic E-state index is 0.125. The molecule has 0 radical (unpaired) electrons. The van der Waals surface area contributed by atoms with Gasteiger partial charge < -0.3 is 19.6 Å². The first kappa shape index (κ1) is 19.3. The maximum absolute atomic E-state index is 5.89. The molecule has 0 amide bonds. The Labute approximate surface area is 178 Å². The fraction of sp³-hybridized carbons (Fsp3) is 0.174. The van der Waals surface area contributed by atoms with Crippen molar-refractivity contribution in [2.24, 2.45) is 5.10 Å². The summed E-state index contributed by atoms with van der Waals surface area (Å²) in [7, 11) is 3.27. The molecule has 3 aromatic rings. The Morgan fingerprint density at radius 1 is 0.862 bits per heavy atom. The van der Waals surface area contributed by atoms with Gasteiger partial charge >= 0.3 is 0 Å². The third kappa shape index (κ3) is 4.38. The van der Waals surface area contributed by atoms with Gasteiger partial charge in [0.1, 0.15) is 11.5 Å². The van der Waals surface area contributed by atoms with Crippen molar-refractivity contribution in [1.82, 2.24) is 5.43 Å². The summed E-state index contributed by atoms with van der Waals surface area (Å²) in [5.74, 6) is 3.01. The first-order valence-electron chi connectivity index (χ1n) is 9.24. The molecule has 5 nitrogen and oxygen atoms in total. The van der Waals surface area contributed by atoms with Crippen LogP contribution in [0.1, 0.15) is 23.6 Å². The van der Waals surface area contributed by atoms with E-state index in [2.05, 4.69) is 38.6 Å². The largest absolute Gasteiger partial charge is 0.493 e. The van der Waals surface area contributed by atoms with E-state index in [1.807, 2.05) is 54.6 Å². The van der Waals surface area contributed by atoms with E-state index in [-0.39, 0.29) is 6.04 Å². The Hall–Kier alpha value is -2.99. The van der Waals surface area contributed by atoms with Gasteiger partial charge in [0.05, 0.1) is 26.0 Å². The number of hydrazone groups is 1. The number of methoxy groups -OCH3 is 2. The maximum Gasteiger partial charge on any atom is 0.161 e. The molecule has 0 fully saturated rings. The molecule has 0 spiro atoms. The Balaban J connectivity index is 1.42. The van der Waals surface area contributed by atoms with Gasteiger partial charge in [-0.1, -0.05) is 28.1 Å². The SMILES string of the molecule is COc1ccc(C2=NNC(c3ccc(Oc4ccc(Br)cc4)cc3)C2)cc1OC. The lowest BCUT2D eigenvalue weighted by molar-refractivity contribution is 0.355. The van der Waals surface area contributed by atoms with Crippen molar-refractivity contribution >= 4 is 21.6 Å². The number of rotatable bonds is 6. The highest BCUT2D eigenvalue weighted by Gasteiger charge is 2.22. The molecule has 1 atom stereocenters. The molecule has 6 heteroatoms. The average molecular weight is 453 g/mol. The normalized spacial score (nSPS) is 15.4. The lowest BCUT2D eigenvalue weighted by Gasteiger charge is -2.12.